The average molecular weight is 324 g/mol. The Morgan fingerprint density at radius 1 is 1.04 bits per heavy atom. The summed E-state index contributed by atoms with van der Waals surface area (Å²) >= 11 is 0. The molecule has 6 heteroatoms. The molecule has 0 fully saturated rings. The molecule has 3 nitrogen and oxygen atoms in total. The molecular formula is C17H15F3O3. The fourth-order valence-electron chi connectivity index (χ4n) is 1.95. The lowest BCUT2D eigenvalue weighted by atomic mass is 10.0. The number of ether oxygens (including phenoxy) is 2. The summed E-state index contributed by atoms with van der Waals surface area (Å²) < 4.78 is 48.4. The highest BCUT2D eigenvalue weighted by molar-refractivity contribution is 5.75. The topological polar surface area (TPSA) is 35.5 Å². The SMILES string of the molecule is CC(C)OC(=O)Oc1cc(C(F)(F)F)ccc1-c1ccccc1. The highest BCUT2D eigenvalue weighted by atomic mass is 19.4. The number of rotatable bonds is 3. The van der Waals surface area contributed by atoms with Crippen molar-refractivity contribution in [2.45, 2.75) is 26.1 Å². The van der Waals surface area contributed by atoms with Gasteiger partial charge in [0.1, 0.15) is 5.75 Å². The predicted molar refractivity (Wildman–Crippen MR) is 79.1 cm³/mol. The lowest BCUT2D eigenvalue weighted by molar-refractivity contribution is -0.137. The van der Waals surface area contributed by atoms with Gasteiger partial charge in [-0.15, -0.1) is 0 Å². The van der Waals surface area contributed by atoms with Gasteiger partial charge in [-0.25, -0.2) is 4.79 Å². The van der Waals surface area contributed by atoms with Crippen molar-refractivity contribution in [1.29, 1.82) is 0 Å². The molecule has 0 saturated carbocycles. The first-order chi connectivity index (χ1) is 10.8. The molecule has 0 amide bonds. The maximum absolute atomic E-state index is 12.9. The lowest BCUT2D eigenvalue weighted by Gasteiger charge is -2.14. The second-order valence-corrected chi connectivity index (χ2v) is 5.09. The molecular weight excluding hydrogens is 309 g/mol. The minimum absolute atomic E-state index is 0.198. The molecule has 0 spiro atoms. The fourth-order valence-corrected chi connectivity index (χ4v) is 1.95. The molecule has 122 valence electrons. The summed E-state index contributed by atoms with van der Waals surface area (Å²) in [6.07, 6.45) is -6.01. The third-order valence-electron chi connectivity index (χ3n) is 2.92. The van der Waals surface area contributed by atoms with Crippen LogP contribution in [0.15, 0.2) is 48.5 Å². The molecule has 0 saturated heterocycles. The van der Waals surface area contributed by atoms with E-state index in [-0.39, 0.29) is 5.75 Å². The van der Waals surface area contributed by atoms with E-state index in [1.807, 2.05) is 0 Å². The standard InChI is InChI=1S/C17H15F3O3/c1-11(2)22-16(21)23-15-10-13(17(18,19)20)8-9-14(15)12-6-4-3-5-7-12/h3-11H,1-2H3. The number of benzene rings is 2. The minimum Gasteiger partial charge on any atom is -0.431 e. The quantitative estimate of drug-likeness (QED) is 0.568. The van der Waals surface area contributed by atoms with Gasteiger partial charge in [0.2, 0.25) is 0 Å². The summed E-state index contributed by atoms with van der Waals surface area (Å²) in [4.78, 5) is 11.6. The summed E-state index contributed by atoms with van der Waals surface area (Å²) in [5.74, 6) is -0.198. The summed E-state index contributed by atoms with van der Waals surface area (Å²) in [7, 11) is 0. The Morgan fingerprint density at radius 2 is 1.70 bits per heavy atom. The molecule has 23 heavy (non-hydrogen) atoms. The van der Waals surface area contributed by atoms with Crippen molar-refractivity contribution in [1.82, 2.24) is 0 Å². The van der Waals surface area contributed by atoms with E-state index in [1.54, 1.807) is 44.2 Å². The van der Waals surface area contributed by atoms with Crippen molar-refractivity contribution in [2.24, 2.45) is 0 Å². The molecule has 0 aliphatic heterocycles. The van der Waals surface area contributed by atoms with Gasteiger partial charge < -0.3 is 9.47 Å². The fraction of sp³-hybridized carbons (Fsp3) is 0.235. The summed E-state index contributed by atoms with van der Waals surface area (Å²) in [5.41, 5.74) is 0.109. The summed E-state index contributed by atoms with van der Waals surface area (Å²) in [6.45, 7) is 3.23. The van der Waals surface area contributed by atoms with Crippen LogP contribution in [0.2, 0.25) is 0 Å². The molecule has 0 aliphatic carbocycles. The highest BCUT2D eigenvalue weighted by Gasteiger charge is 2.31. The Hall–Kier alpha value is -2.50. The van der Waals surface area contributed by atoms with Crippen molar-refractivity contribution < 1.29 is 27.4 Å². The second-order valence-electron chi connectivity index (χ2n) is 5.09. The molecule has 0 unspecified atom stereocenters. The smallest absolute Gasteiger partial charge is 0.431 e. The van der Waals surface area contributed by atoms with Gasteiger partial charge in [-0.3, -0.25) is 0 Å². The van der Waals surface area contributed by atoms with E-state index in [0.717, 1.165) is 12.1 Å². The van der Waals surface area contributed by atoms with Gasteiger partial charge in [-0.2, -0.15) is 13.2 Å². The molecule has 0 aliphatic rings. The average Bonchev–Trinajstić information content (AvgIpc) is 2.46. The number of alkyl halides is 3. The van der Waals surface area contributed by atoms with E-state index in [9.17, 15) is 18.0 Å². The zero-order valence-electron chi connectivity index (χ0n) is 12.6. The van der Waals surface area contributed by atoms with Crippen LogP contribution in [0.4, 0.5) is 18.0 Å². The number of carbonyl (C=O) groups is 1. The van der Waals surface area contributed by atoms with Gasteiger partial charge in [0.15, 0.2) is 0 Å². The van der Waals surface area contributed by atoms with Gasteiger partial charge in [0, 0.05) is 5.56 Å². The second kappa shape index (κ2) is 6.73. The Bertz CT molecular complexity index is 679. The number of halogens is 3. The number of hydrogen-bond donors (Lipinski definition) is 0. The number of hydrogen-bond acceptors (Lipinski definition) is 3. The summed E-state index contributed by atoms with van der Waals surface area (Å²) in [6, 6.07) is 11.7. The van der Waals surface area contributed by atoms with Crippen LogP contribution >= 0.6 is 0 Å². The maximum atomic E-state index is 12.9. The van der Waals surface area contributed by atoms with Gasteiger partial charge in [-0.05, 0) is 31.5 Å². The van der Waals surface area contributed by atoms with Crippen molar-refractivity contribution in [3.8, 4) is 16.9 Å². The van der Waals surface area contributed by atoms with Crippen molar-refractivity contribution in [3.05, 3.63) is 54.1 Å². The highest BCUT2D eigenvalue weighted by Crippen LogP contribution is 2.37. The predicted octanol–water partition coefficient (Wildman–Crippen LogP) is 5.30. The molecule has 2 rings (SSSR count). The molecule has 0 N–H and O–H groups in total. The number of carbonyl (C=O) groups excluding carboxylic acids is 1. The van der Waals surface area contributed by atoms with Gasteiger partial charge in [0.25, 0.3) is 0 Å². The van der Waals surface area contributed by atoms with Crippen molar-refractivity contribution in [3.63, 3.8) is 0 Å². The van der Waals surface area contributed by atoms with Crippen LogP contribution < -0.4 is 4.74 Å². The molecule has 0 atom stereocenters. The monoisotopic (exact) mass is 324 g/mol. The van der Waals surface area contributed by atoms with Crippen molar-refractivity contribution >= 4 is 6.16 Å². The van der Waals surface area contributed by atoms with Gasteiger partial charge in [-0.1, -0.05) is 36.4 Å². The third-order valence-corrected chi connectivity index (χ3v) is 2.92. The Labute approximate surface area is 131 Å². The van der Waals surface area contributed by atoms with Gasteiger partial charge >= 0.3 is 12.3 Å². The zero-order valence-corrected chi connectivity index (χ0v) is 12.6. The van der Waals surface area contributed by atoms with Crippen LogP contribution in [-0.4, -0.2) is 12.3 Å². The van der Waals surface area contributed by atoms with Crippen LogP contribution in [0.25, 0.3) is 11.1 Å². The third kappa shape index (κ3) is 4.48. The van der Waals surface area contributed by atoms with E-state index in [4.69, 9.17) is 9.47 Å². The molecule has 0 heterocycles. The lowest BCUT2D eigenvalue weighted by Crippen LogP contribution is -2.16. The van der Waals surface area contributed by atoms with Crippen LogP contribution in [-0.2, 0) is 10.9 Å². The zero-order chi connectivity index (χ0) is 17.0. The first-order valence-corrected chi connectivity index (χ1v) is 6.92. The Morgan fingerprint density at radius 3 is 2.26 bits per heavy atom. The van der Waals surface area contributed by atoms with E-state index in [0.29, 0.717) is 11.1 Å². The van der Waals surface area contributed by atoms with E-state index >= 15 is 0 Å². The first kappa shape index (κ1) is 16.9. The largest absolute Gasteiger partial charge is 0.514 e. The van der Waals surface area contributed by atoms with Crippen LogP contribution in [0.1, 0.15) is 19.4 Å². The molecule has 2 aromatic rings. The summed E-state index contributed by atoms with van der Waals surface area (Å²) in [5, 5.41) is 0. The van der Waals surface area contributed by atoms with Crippen molar-refractivity contribution in [2.75, 3.05) is 0 Å². The molecule has 0 radical (unpaired) electrons. The minimum atomic E-state index is -4.53. The van der Waals surface area contributed by atoms with Gasteiger partial charge in [0.05, 0.1) is 11.7 Å². The molecule has 0 aromatic heterocycles. The van der Waals surface area contributed by atoms with Crippen LogP contribution in [0.5, 0.6) is 5.75 Å². The van der Waals surface area contributed by atoms with E-state index in [2.05, 4.69) is 0 Å². The van der Waals surface area contributed by atoms with Crippen LogP contribution in [0.3, 0.4) is 0 Å². The maximum Gasteiger partial charge on any atom is 0.514 e. The normalized spacial score (nSPS) is 11.4. The van der Waals surface area contributed by atoms with E-state index in [1.165, 1.54) is 6.07 Å². The molecule has 2 aromatic carbocycles. The first-order valence-electron chi connectivity index (χ1n) is 6.92. The molecule has 0 bridgehead atoms. The van der Waals surface area contributed by atoms with E-state index < -0.39 is 24.0 Å². The Balaban J connectivity index is 2.43. The Kier molecular flexibility index (Phi) is 4.93. The van der Waals surface area contributed by atoms with Crippen LogP contribution in [0, 0.1) is 0 Å².